The minimum atomic E-state index is -1.84. The first-order valence-corrected chi connectivity index (χ1v) is 7.32. The van der Waals surface area contributed by atoms with Gasteiger partial charge in [0.25, 0.3) is 5.91 Å². The van der Waals surface area contributed by atoms with Gasteiger partial charge in [0, 0.05) is 26.3 Å². The predicted octanol–water partition coefficient (Wildman–Crippen LogP) is 3.30. The van der Waals surface area contributed by atoms with Gasteiger partial charge in [-0.1, -0.05) is 27.5 Å². The molecule has 2 aromatic rings. The standard InChI is InChI=1S/C15H11BrClNO3/c1-21-13-5-3-9(17)7-11(13)15(20)10-6-8(16)2-4-12(10)18-14(15)19/h2-7,20H,1H3,(H,18,19). The van der Waals surface area contributed by atoms with Crippen LogP contribution in [-0.2, 0) is 10.4 Å². The summed E-state index contributed by atoms with van der Waals surface area (Å²) < 4.78 is 6.02. The summed E-state index contributed by atoms with van der Waals surface area (Å²) in [6.07, 6.45) is 0. The Morgan fingerprint density at radius 3 is 2.71 bits per heavy atom. The lowest BCUT2D eigenvalue weighted by Crippen LogP contribution is -2.35. The fraction of sp³-hybridized carbons (Fsp3) is 0.133. The van der Waals surface area contributed by atoms with E-state index >= 15 is 0 Å². The molecule has 21 heavy (non-hydrogen) atoms. The number of ether oxygens (including phenoxy) is 1. The molecule has 0 fully saturated rings. The molecule has 4 nitrogen and oxygen atoms in total. The molecule has 1 aliphatic rings. The minimum Gasteiger partial charge on any atom is -0.496 e. The maximum Gasteiger partial charge on any atom is 0.266 e. The van der Waals surface area contributed by atoms with Gasteiger partial charge in [-0.15, -0.1) is 0 Å². The van der Waals surface area contributed by atoms with Crippen LogP contribution in [0.3, 0.4) is 0 Å². The molecule has 108 valence electrons. The zero-order valence-corrected chi connectivity index (χ0v) is 13.3. The smallest absolute Gasteiger partial charge is 0.266 e. The van der Waals surface area contributed by atoms with E-state index < -0.39 is 11.5 Å². The lowest BCUT2D eigenvalue weighted by Gasteiger charge is -2.24. The maximum absolute atomic E-state index is 12.4. The van der Waals surface area contributed by atoms with Crippen LogP contribution in [0.4, 0.5) is 5.69 Å². The van der Waals surface area contributed by atoms with Crippen LogP contribution in [-0.4, -0.2) is 18.1 Å². The number of aliphatic hydroxyl groups is 1. The lowest BCUT2D eigenvalue weighted by molar-refractivity contribution is -0.129. The first-order chi connectivity index (χ1) is 9.96. The normalized spacial score (nSPS) is 20.1. The summed E-state index contributed by atoms with van der Waals surface area (Å²) in [5.41, 5.74) is -0.503. The predicted molar refractivity (Wildman–Crippen MR) is 83.8 cm³/mol. The van der Waals surface area contributed by atoms with Gasteiger partial charge in [-0.05, 0) is 36.4 Å². The number of hydrogen-bond donors (Lipinski definition) is 2. The molecule has 2 N–H and O–H groups in total. The van der Waals surface area contributed by atoms with Crippen molar-refractivity contribution in [2.24, 2.45) is 0 Å². The van der Waals surface area contributed by atoms with Gasteiger partial charge in [-0.2, -0.15) is 0 Å². The molecular weight excluding hydrogens is 358 g/mol. The highest BCUT2D eigenvalue weighted by molar-refractivity contribution is 9.10. The number of rotatable bonds is 2. The van der Waals surface area contributed by atoms with E-state index in [0.717, 1.165) is 4.47 Å². The van der Waals surface area contributed by atoms with E-state index in [-0.39, 0.29) is 0 Å². The largest absolute Gasteiger partial charge is 0.496 e. The van der Waals surface area contributed by atoms with E-state index in [1.807, 2.05) is 0 Å². The van der Waals surface area contributed by atoms with Gasteiger partial charge in [0.05, 0.1) is 7.11 Å². The number of halogens is 2. The molecule has 1 heterocycles. The molecule has 1 unspecified atom stereocenters. The fourth-order valence-electron chi connectivity index (χ4n) is 2.49. The summed E-state index contributed by atoms with van der Waals surface area (Å²) in [6, 6.07) is 10.0. The van der Waals surface area contributed by atoms with Crippen LogP contribution >= 0.6 is 27.5 Å². The van der Waals surface area contributed by atoms with Crippen LogP contribution in [0.15, 0.2) is 40.9 Å². The Morgan fingerprint density at radius 2 is 2.00 bits per heavy atom. The van der Waals surface area contributed by atoms with E-state index in [1.54, 1.807) is 30.3 Å². The molecule has 0 saturated carbocycles. The quantitative estimate of drug-likeness (QED) is 0.855. The monoisotopic (exact) mass is 367 g/mol. The Bertz CT molecular complexity index is 750. The molecule has 0 radical (unpaired) electrons. The molecule has 0 bridgehead atoms. The Morgan fingerprint density at radius 1 is 1.24 bits per heavy atom. The third kappa shape index (κ3) is 2.12. The van der Waals surface area contributed by atoms with Crippen molar-refractivity contribution in [3.05, 3.63) is 57.0 Å². The Hall–Kier alpha value is -1.56. The molecule has 1 amide bonds. The number of methoxy groups -OCH3 is 1. The molecule has 3 rings (SSSR count). The second kappa shape index (κ2) is 5.02. The van der Waals surface area contributed by atoms with Gasteiger partial charge in [-0.25, -0.2) is 0 Å². The van der Waals surface area contributed by atoms with Crippen LogP contribution in [0.5, 0.6) is 5.75 Å². The zero-order valence-electron chi connectivity index (χ0n) is 11.0. The maximum atomic E-state index is 12.4. The highest BCUT2D eigenvalue weighted by atomic mass is 79.9. The molecule has 2 aromatic carbocycles. The second-order valence-corrected chi connectivity index (χ2v) is 6.05. The highest BCUT2D eigenvalue weighted by Gasteiger charge is 2.48. The van der Waals surface area contributed by atoms with E-state index in [0.29, 0.717) is 27.6 Å². The van der Waals surface area contributed by atoms with E-state index in [2.05, 4.69) is 21.2 Å². The van der Waals surface area contributed by atoms with E-state index in [1.165, 1.54) is 13.2 Å². The SMILES string of the molecule is COc1ccc(Cl)cc1C1(O)C(=O)Nc2ccc(Br)cc21. The molecule has 0 aliphatic carbocycles. The lowest BCUT2D eigenvalue weighted by atomic mass is 9.87. The average Bonchev–Trinajstić information content (AvgIpc) is 2.72. The van der Waals surface area contributed by atoms with Crippen LogP contribution in [0.1, 0.15) is 11.1 Å². The van der Waals surface area contributed by atoms with E-state index in [9.17, 15) is 9.90 Å². The molecular formula is C15H11BrClNO3. The van der Waals surface area contributed by atoms with Crippen molar-refractivity contribution < 1.29 is 14.6 Å². The summed E-state index contributed by atoms with van der Waals surface area (Å²) in [5.74, 6) is -0.138. The van der Waals surface area contributed by atoms with Crippen LogP contribution < -0.4 is 10.1 Å². The van der Waals surface area contributed by atoms with Gasteiger partial charge in [0.1, 0.15) is 5.75 Å². The first-order valence-electron chi connectivity index (χ1n) is 6.14. The van der Waals surface area contributed by atoms with Crippen molar-refractivity contribution >= 4 is 39.1 Å². The van der Waals surface area contributed by atoms with Gasteiger partial charge in [0.2, 0.25) is 0 Å². The molecule has 0 saturated heterocycles. The molecule has 6 heteroatoms. The number of carbonyl (C=O) groups excluding carboxylic acids is 1. The molecule has 0 aromatic heterocycles. The summed E-state index contributed by atoms with van der Waals surface area (Å²) >= 11 is 9.36. The average molecular weight is 369 g/mol. The van der Waals surface area contributed by atoms with Gasteiger partial charge < -0.3 is 15.2 Å². The summed E-state index contributed by atoms with van der Waals surface area (Å²) in [7, 11) is 1.48. The Labute approximate surface area is 134 Å². The van der Waals surface area contributed by atoms with Crippen molar-refractivity contribution in [2.45, 2.75) is 5.60 Å². The topological polar surface area (TPSA) is 58.6 Å². The summed E-state index contributed by atoms with van der Waals surface area (Å²) in [5, 5.41) is 14.2. The zero-order chi connectivity index (χ0) is 15.2. The number of hydrogen-bond acceptors (Lipinski definition) is 3. The van der Waals surface area contributed by atoms with Crippen molar-refractivity contribution in [3.8, 4) is 5.75 Å². The third-order valence-corrected chi connectivity index (χ3v) is 4.23. The molecule has 1 aliphatic heterocycles. The Balaban J connectivity index is 2.29. The minimum absolute atomic E-state index is 0.312. The van der Waals surface area contributed by atoms with Crippen molar-refractivity contribution in [3.63, 3.8) is 0 Å². The number of nitrogens with one attached hydrogen (secondary N) is 1. The molecule has 0 spiro atoms. The molecule has 1 atom stereocenters. The van der Waals surface area contributed by atoms with Gasteiger partial charge >= 0.3 is 0 Å². The first kappa shape index (κ1) is 14.4. The number of fused-ring (bicyclic) bond motifs is 1. The second-order valence-electron chi connectivity index (χ2n) is 4.70. The fourth-order valence-corrected chi connectivity index (χ4v) is 3.02. The number of amides is 1. The highest BCUT2D eigenvalue weighted by Crippen LogP contribution is 2.45. The van der Waals surface area contributed by atoms with Crippen LogP contribution in [0.2, 0.25) is 5.02 Å². The van der Waals surface area contributed by atoms with Crippen molar-refractivity contribution in [1.29, 1.82) is 0 Å². The third-order valence-electron chi connectivity index (χ3n) is 3.50. The number of anilines is 1. The van der Waals surface area contributed by atoms with E-state index in [4.69, 9.17) is 16.3 Å². The van der Waals surface area contributed by atoms with Crippen molar-refractivity contribution in [2.75, 3.05) is 12.4 Å². The van der Waals surface area contributed by atoms with Gasteiger partial charge in [-0.3, -0.25) is 4.79 Å². The summed E-state index contributed by atoms with van der Waals surface area (Å²) in [6.45, 7) is 0. The number of benzene rings is 2. The van der Waals surface area contributed by atoms with Crippen LogP contribution in [0.25, 0.3) is 0 Å². The van der Waals surface area contributed by atoms with Gasteiger partial charge in [0.15, 0.2) is 5.60 Å². The number of carbonyl (C=O) groups is 1. The van der Waals surface area contributed by atoms with Crippen molar-refractivity contribution in [1.82, 2.24) is 0 Å². The summed E-state index contributed by atoms with van der Waals surface area (Å²) in [4.78, 5) is 12.4. The Kier molecular flexibility index (Phi) is 3.43. The van der Waals surface area contributed by atoms with Crippen LogP contribution in [0, 0.1) is 0 Å².